The average Bonchev–Trinajstić information content (AvgIpc) is 2.57. The second-order valence-corrected chi connectivity index (χ2v) is 4.62. The Morgan fingerprint density at radius 3 is 2.92 bits per heavy atom. The molecule has 0 bridgehead atoms. The van der Waals surface area contributed by atoms with Gasteiger partial charge in [-0.25, -0.2) is 0 Å². The highest BCUT2D eigenvalue weighted by Crippen LogP contribution is 2.38. The minimum Gasteiger partial charge on any atom is -0.362 e. The van der Waals surface area contributed by atoms with Crippen LogP contribution in [-0.4, -0.2) is 12.4 Å². The third-order valence-corrected chi connectivity index (χ3v) is 3.60. The topological polar surface area (TPSA) is 9.23 Å². The van der Waals surface area contributed by atoms with Crippen molar-refractivity contribution in [3.8, 4) is 0 Å². The SMILES string of the molecule is Brc1ccccc1C1OCCS1. The zero-order chi connectivity index (χ0) is 8.39. The molecule has 1 nitrogen and oxygen atoms in total. The van der Waals surface area contributed by atoms with Crippen molar-refractivity contribution >= 4 is 27.7 Å². The first-order valence-corrected chi connectivity index (χ1v) is 5.70. The van der Waals surface area contributed by atoms with Crippen LogP contribution < -0.4 is 0 Å². The van der Waals surface area contributed by atoms with E-state index in [9.17, 15) is 0 Å². The molecule has 1 atom stereocenters. The molecular formula is C9H9BrOS. The monoisotopic (exact) mass is 244 g/mol. The van der Waals surface area contributed by atoms with Crippen molar-refractivity contribution in [2.75, 3.05) is 12.4 Å². The summed E-state index contributed by atoms with van der Waals surface area (Å²) in [4.78, 5) is 0. The maximum absolute atomic E-state index is 5.55. The number of thioether (sulfide) groups is 1. The van der Waals surface area contributed by atoms with Crippen LogP contribution >= 0.6 is 27.7 Å². The maximum atomic E-state index is 5.55. The molecule has 1 aromatic carbocycles. The molecule has 1 aliphatic heterocycles. The molecule has 0 saturated carbocycles. The molecule has 3 heteroatoms. The van der Waals surface area contributed by atoms with Gasteiger partial charge in [-0.3, -0.25) is 0 Å². The highest BCUT2D eigenvalue weighted by Gasteiger charge is 2.19. The third-order valence-electron chi connectivity index (χ3n) is 1.78. The molecule has 1 heterocycles. The van der Waals surface area contributed by atoms with Crippen molar-refractivity contribution in [2.24, 2.45) is 0 Å². The van der Waals surface area contributed by atoms with Crippen molar-refractivity contribution in [2.45, 2.75) is 5.44 Å². The first-order valence-electron chi connectivity index (χ1n) is 3.85. The lowest BCUT2D eigenvalue weighted by Gasteiger charge is -2.10. The Bertz CT molecular complexity index is 271. The van der Waals surface area contributed by atoms with Crippen molar-refractivity contribution < 1.29 is 4.74 Å². The summed E-state index contributed by atoms with van der Waals surface area (Å²) in [5.41, 5.74) is 1.49. The fraction of sp³-hybridized carbons (Fsp3) is 0.333. The van der Waals surface area contributed by atoms with Crippen molar-refractivity contribution in [1.29, 1.82) is 0 Å². The summed E-state index contributed by atoms with van der Waals surface area (Å²) in [7, 11) is 0. The van der Waals surface area contributed by atoms with E-state index in [2.05, 4.69) is 28.1 Å². The molecule has 1 aromatic rings. The fourth-order valence-electron chi connectivity index (χ4n) is 1.20. The zero-order valence-electron chi connectivity index (χ0n) is 6.50. The van der Waals surface area contributed by atoms with Gasteiger partial charge in [0.2, 0.25) is 0 Å². The van der Waals surface area contributed by atoms with E-state index in [1.54, 1.807) is 0 Å². The molecule has 1 aliphatic rings. The van der Waals surface area contributed by atoms with Crippen LogP contribution in [0.3, 0.4) is 0 Å². The van der Waals surface area contributed by atoms with Gasteiger partial charge in [0.05, 0.1) is 6.61 Å². The van der Waals surface area contributed by atoms with Gasteiger partial charge in [0.25, 0.3) is 0 Å². The summed E-state index contributed by atoms with van der Waals surface area (Å²) >= 11 is 5.37. The van der Waals surface area contributed by atoms with Crippen LogP contribution in [0.5, 0.6) is 0 Å². The van der Waals surface area contributed by atoms with E-state index in [-0.39, 0.29) is 5.44 Å². The smallest absolute Gasteiger partial charge is 0.129 e. The molecule has 64 valence electrons. The van der Waals surface area contributed by atoms with Gasteiger partial charge < -0.3 is 4.74 Å². The molecule has 2 rings (SSSR count). The standard InChI is InChI=1S/C9H9BrOS/c10-8-4-2-1-3-7(8)9-11-5-6-12-9/h1-4,9H,5-6H2. The number of benzene rings is 1. The second kappa shape index (κ2) is 3.81. The first-order chi connectivity index (χ1) is 5.88. The largest absolute Gasteiger partial charge is 0.362 e. The van der Waals surface area contributed by atoms with Gasteiger partial charge in [-0.1, -0.05) is 34.1 Å². The minimum atomic E-state index is 0.237. The minimum absolute atomic E-state index is 0.237. The van der Waals surface area contributed by atoms with Crippen LogP contribution in [-0.2, 0) is 4.74 Å². The van der Waals surface area contributed by atoms with Gasteiger partial charge in [0, 0.05) is 15.8 Å². The summed E-state index contributed by atoms with van der Waals surface area (Å²) < 4.78 is 6.70. The highest BCUT2D eigenvalue weighted by molar-refractivity contribution is 9.10. The molecule has 0 spiro atoms. The summed E-state index contributed by atoms with van der Waals surface area (Å²) in [6, 6.07) is 8.22. The lowest BCUT2D eigenvalue weighted by molar-refractivity contribution is 0.144. The van der Waals surface area contributed by atoms with Crippen LogP contribution in [0.15, 0.2) is 28.7 Å². The van der Waals surface area contributed by atoms with Gasteiger partial charge in [0.15, 0.2) is 0 Å². The normalized spacial score (nSPS) is 22.9. The molecule has 1 fully saturated rings. The molecule has 0 amide bonds. The molecule has 0 aliphatic carbocycles. The lowest BCUT2D eigenvalue weighted by atomic mass is 10.2. The predicted molar refractivity (Wildman–Crippen MR) is 55.3 cm³/mol. The van der Waals surface area contributed by atoms with E-state index in [4.69, 9.17) is 4.74 Å². The van der Waals surface area contributed by atoms with Crippen molar-refractivity contribution in [3.63, 3.8) is 0 Å². The number of rotatable bonds is 1. The van der Waals surface area contributed by atoms with E-state index in [1.807, 2.05) is 23.9 Å². The third kappa shape index (κ3) is 1.68. The van der Waals surface area contributed by atoms with Crippen LogP contribution in [0.2, 0.25) is 0 Å². The Labute approximate surface area is 84.6 Å². The second-order valence-electron chi connectivity index (χ2n) is 2.60. The Morgan fingerprint density at radius 2 is 2.25 bits per heavy atom. The van der Waals surface area contributed by atoms with Gasteiger partial charge >= 0.3 is 0 Å². The van der Waals surface area contributed by atoms with E-state index < -0.39 is 0 Å². The van der Waals surface area contributed by atoms with Crippen molar-refractivity contribution in [3.05, 3.63) is 34.3 Å². The fourth-order valence-corrected chi connectivity index (χ4v) is 2.83. The Morgan fingerprint density at radius 1 is 1.42 bits per heavy atom. The van der Waals surface area contributed by atoms with Gasteiger partial charge in [-0.15, -0.1) is 11.8 Å². The number of halogens is 1. The highest BCUT2D eigenvalue weighted by atomic mass is 79.9. The number of ether oxygens (including phenoxy) is 1. The molecule has 1 saturated heterocycles. The molecule has 0 N–H and O–H groups in total. The van der Waals surface area contributed by atoms with E-state index >= 15 is 0 Å². The molecule has 0 radical (unpaired) electrons. The first kappa shape index (κ1) is 8.60. The lowest BCUT2D eigenvalue weighted by Crippen LogP contribution is -1.93. The van der Waals surface area contributed by atoms with Crippen LogP contribution in [0.1, 0.15) is 11.0 Å². The summed E-state index contributed by atoms with van der Waals surface area (Å²) in [6.45, 7) is 0.872. The summed E-state index contributed by atoms with van der Waals surface area (Å²) in [5.74, 6) is 1.10. The Balaban J connectivity index is 2.26. The average molecular weight is 245 g/mol. The van der Waals surface area contributed by atoms with Gasteiger partial charge in [-0.05, 0) is 6.07 Å². The van der Waals surface area contributed by atoms with Crippen LogP contribution in [0, 0.1) is 0 Å². The quantitative estimate of drug-likeness (QED) is 0.751. The molecule has 0 aromatic heterocycles. The summed E-state index contributed by atoms with van der Waals surface area (Å²) in [6.07, 6.45) is 0. The zero-order valence-corrected chi connectivity index (χ0v) is 8.90. The van der Waals surface area contributed by atoms with Crippen LogP contribution in [0.25, 0.3) is 0 Å². The Hall–Kier alpha value is 0.01000. The Kier molecular flexibility index (Phi) is 2.73. The number of hydrogen-bond donors (Lipinski definition) is 0. The maximum Gasteiger partial charge on any atom is 0.129 e. The summed E-state index contributed by atoms with van der Waals surface area (Å²) in [5, 5.41) is 0. The molecule has 12 heavy (non-hydrogen) atoms. The van der Waals surface area contributed by atoms with Crippen LogP contribution in [0.4, 0.5) is 0 Å². The van der Waals surface area contributed by atoms with Gasteiger partial charge in [0.1, 0.15) is 5.44 Å². The molecule has 1 unspecified atom stereocenters. The van der Waals surface area contributed by atoms with Gasteiger partial charge in [-0.2, -0.15) is 0 Å². The van der Waals surface area contributed by atoms with E-state index in [0.717, 1.165) is 16.8 Å². The van der Waals surface area contributed by atoms with E-state index in [1.165, 1.54) is 5.56 Å². The van der Waals surface area contributed by atoms with Crippen molar-refractivity contribution in [1.82, 2.24) is 0 Å². The van der Waals surface area contributed by atoms with E-state index in [0.29, 0.717) is 0 Å². The molecular weight excluding hydrogens is 236 g/mol. The predicted octanol–water partition coefficient (Wildman–Crippen LogP) is 3.21. The number of hydrogen-bond acceptors (Lipinski definition) is 2.